The van der Waals surface area contributed by atoms with E-state index < -0.39 is 6.43 Å². The number of carbonyl (C=O) groups is 1. The number of hydrogen-bond acceptors (Lipinski definition) is 5. The predicted molar refractivity (Wildman–Crippen MR) is 131 cm³/mol. The molecule has 0 N–H and O–H groups in total. The summed E-state index contributed by atoms with van der Waals surface area (Å²) in [5.41, 5.74) is 4.64. The number of carbonyl (C=O) groups excluding carboxylic acids is 1. The molecule has 8 heteroatoms. The van der Waals surface area contributed by atoms with E-state index in [1.165, 1.54) is 29.5 Å². The minimum Gasteiger partial charge on any atom is -0.342 e. The summed E-state index contributed by atoms with van der Waals surface area (Å²) in [6.45, 7) is 3.67. The van der Waals surface area contributed by atoms with Crippen LogP contribution in [0.3, 0.4) is 0 Å². The van der Waals surface area contributed by atoms with Crippen molar-refractivity contribution in [3.05, 3.63) is 77.4 Å². The van der Waals surface area contributed by atoms with E-state index in [0.29, 0.717) is 17.2 Å². The van der Waals surface area contributed by atoms with Crippen LogP contribution in [0, 0.1) is 5.41 Å². The Morgan fingerprint density at radius 2 is 1.83 bits per heavy atom. The van der Waals surface area contributed by atoms with Gasteiger partial charge in [0.15, 0.2) is 5.82 Å². The molecule has 1 aliphatic carbocycles. The van der Waals surface area contributed by atoms with E-state index in [-0.39, 0.29) is 17.9 Å². The number of pyridine rings is 1. The lowest BCUT2D eigenvalue weighted by Crippen LogP contribution is -2.61. The van der Waals surface area contributed by atoms with Crippen molar-refractivity contribution in [3.8, 4) is 11.4 Å². The van der Waals surface area contributed by atoms with Gasteiger partial charge in [-0.3, -0.25) is 14.7 Å². The van der Waals surface area contributed by atoms with Crippen molar-refractivity contribution in [3.63, 3.8) is 0 Å². The molecule has 3 aliphatic rings. The number of alkyl halides is 2. The SMILES string of the molecule is O=C(Cc1ccc(C(F)F)cn1)N1CCC2(CC1)CN(C1CCc3cc(-c4ncccn4)ccc31)C2. The summed E-state index contributed by atoms with van der Waals surface area (Å²) < 4.78 is 25.4. The third kappa shape index (κ3) is 4.39. The van der Waals surface area contributed by atoms with Gasteiger partial charge in [0.25, 0.3) is 6.43 Å². The van der Waals surface area contributed by atoms with Gasteiger partial charge in [0.05, 0.1) is 6.42 Å². The number of aromatic nitrogens is 3. The first-order valence-corrected chi connectivity index (χ1v) is 12.6. The van der Waals surface area contributed by atoms with Gasteiger partial charge < -0.3 is 4.90 Å². The van der Waals surface area contributed by atoms with E-state index >= 15 is 0 Å². The summed E-state index contributed by atoms with van der Waals surface area (Å²) in [6, 6.07) is 11.8. The maximum atomic E-state index is 12.8. The van der Waals surface area contributed by atoms with Gasteiger partial charge in [-0.25, -0.2) is 18.7 Å². The number of hydrogen-bond donors (Lipinski definition) is 0. The van der Waals surface area contributed by atoms with E-state index in [1.807, 2.05) is 11.0 Å². The van der Waals surface area contributed by atoms with Gasteiger partial charge in [0, 0.05) is 67.6 Å². The molecule has 1 spiro atoms. The average molecular weight is 490 g/mol. The summed E-state index contributed by atoms with van der Waals surface area (Å²) in [7, 11) is 0. The summed E-state index contributed by atoms with van der Waals surface area (Å²) >= 11 is 0. The molecule has 0 radical (unpaired) electrons. The number of aryl methyl sites for hydroxylation is 1. The molecule has 3 aromatic rings. The molecular weight excluding hydrogens is 460 g/mol. The van der Waals surface area contributed by atoms with Crippen LogP contribution in [0.15, 0.2) is 55.0 Å². The second kappa shape index (κ2) is 9.32. The zero-order chi connectivity index (χ0) is 24.7. The molecule has 1 atom stereocenters. The number of piperidine rings is 1. The van der Waals surface area contributed by atoms with Gasteiger partial charge in [-0.2, -0.15) is 0 Å². The molecule has 2 aliphatic heterocycles. The van der Waals surface area contributed by atoms with E-state index in [9.17, 15) is 13.6 Å². The Kier molecular flexibility index (Phi) is 5.99. The van der Waals surface area contributed by atoms with E-state index in [2.05, 4.69) is 38.1 Å². The fourth-order valence-electron chi connectivity index (χ4n) is 6.08. The molecular formula is C28H29F2N5O. The fraction of sp³-hybridized carbons (Fsp3) is 0.429. The molecule has 0 bridgehead atoms. The normalized spacial score (nSPS) is 21.0. The highest BCUT2D eigenvalue weighted by Crippen LogP contribution is 2.48. The highest BCUT2D eigenvalue weighted by molar-refractivity contribution is 5.78. The first kappa shape index (κ1) is 23.2. The summed E-state index contributed by atoms with van der Waals surface area (Å²) in [5, 5.41) is 0. The first-order chi connectivity index (χ1) is 17.5. The third-order valence-electron chi connectivity index (χ3n) is 8.14. The molecule has 1 unspecified atom stereocenters. The minimum absolute atomic E-state index is 0.0289. The fourth-order valence-corrected chi connectivity index (χ4v) is 6.08. The number of likely N-dealkylation sites (tertiary alicyclic amines) is 2. The maximum Gasteiger partial charge on any atom is 0.265 e. The number of nitrogens with zero attached hydrogens (tertiary/aromatic N) is 5. The summed E-state index contributed by atoms with van der Waals surface area (Å²) in [4.78, 5) is 30.1. The maximum absolute atomic E-state index is 12.8. The smallest absolute Gasteiger partial charge is 0.265 e. The standard InChI is InChI=1S/C28H29F2N5O/c29-26(30)21-2-5-22(33-16-21)15-25(36)34-12-8-28(9-13-34)17-35(18-28)24-7-4-19-14-20(3-6-23(19)24)27-31-10-1-11-32-27/h1-3,5-6,10-11,14,16,24,26H,4,7-9,12-13,15,17-18H2. The van der Waals surface area contributed by atoms with Crippen molar-refractivity contribution >= 4 is 5.91 Å². The van der Waals surface area contributed by atoms with Crippen molar-refractivity contribution in [2.75, 3.05) is 26.2 Å². The zero-order valence-corrected chi connectivity index (χ0v) is 20.1. The van der Waals surface area contributed by atoms with Crippen LogP contribution < -0.4 is 0 Å². The molecule has 186 valence electrons. The highest BCUT2D eigenvalue weighted by atomic mass is 19.3. The van der Waals surface area contributed by atoms with Crippen molar-refractivity contribution in [1.82, 2.24) is 24.8 Å². The molecule has 4 heterocycles. The first-order valence-electron chi connectivity index (χ1n) is 12.6. The molecule has 6 rings (SSSR count). The van der Waals surface area contributed by atoms with Gasteiger partial charge in [-0.15, -0.1) is 0 Å². The molecule has 1 aromatic carbocycles. The summed E-state index contributed by atoms with van der Waals surface area (Å²) in [5.74, 6) is 0.801. The Labute approximate surface area is 209 Å². The van der Waals surface area contributed by atoms with Gasteiger partial charge in [0.1, 0.15) is 0 Å². The zero-order valence-electron chi connectivity index (χ0n) is 20.1. The molecule has 2 aromatic heterocycles. The van der Waals surface area contributed by atoms with E-state index in [1.54, 1.807) is 12.4 Å². The Hall–Kier alpha value is -3.26. The van der Waals surface area contributed by atoms with Gasteiger partial charge in [-0.1, -0.05) is 12.1 Å². The van der Waals surface area contributed by atoms with Gasteiger partial charge >= 0.3 is 0 Å². The van der Waals surface area contributed by atoms with E-state index in [0.717, 1.165) is 63.3 Å². The molecule has 0 saturated carbocycles. The lowest BCUT2D eigenvalue weighted by molar-refractivity contribution is -0.136. The second-order valence-electron chi connectivity index (χ2n) is 10.4. The number of halogens is 2. The molecule has 6 nitrogen and oxygen atoms in total. The third-order valence-corrected chi connectivity index (χ3v) is 8.14. The van der Waals surface area contributed by atoms with Crippen LogP contribution in [-0.4, -0.2) is 56.8 Å². The topological polar surface area (TPSA) is 62.2 Å². The number of benzene rings is 1. The Morgan fingerprint density at radius 3 is 2.53 bits per heavy atom. The number of amides is 1. The predicted octanol–water partition coefficient (Wildman–Crippen LogP) is 4.63. The van der Waals surface area contributed by atoms with Crippen LogP contribution in [0.5, 0.6) is 0 Å². The lowest BCUT2D eigenvalue weighted by atomic mass is 9.71. The van der Waals surface area contributed by atoms with Gasteiger partial charge in [-0.05, 0) is 66.5 Å². The van der Waals surface area contributed by atoms with Crippen molar-refractivity contribution in [1.29, 1.82) is 0 Å². The highest BCUT2D eigenvalue weighted by Gasteiger charge is 2.48. The van der Waals surface area contributed by atoms with E-state index in [4.69, 9.17) is 0 Å². The monoisotopic (exact) mass is 489 g/mol. The van der Waals surface area contributed by atoms with Crippen molar-refractivity contribution in [2.24, 2.45) is 5.41 Å². The number of rotatable bonds is 5. The average Bonchev–Trinajstić information content (AvgIpc) is 3.31. The van der Waals surface area contributed by atoms with Crippen molar-refractivity contribution < 1.29 is 13.6 Å². The van der Waals surface area contributed by atoms with Crippen LogP contribution >= 0.6 is 0 Å². The quantitative estimate of drug-likeness (QED) is 0.523. The molecule has 2 saturated heterocycles. The Bertz CT molecular complexity index is 1230. The summed E-state index contributed by atoms with van der Waals surface area (Å²) in [6.07, 6.45) is 6.60. The molecule has 2 fully saturated rings. The van der Waals surface area contributed by atoms with Crippen LogP contribution in [0.4, 0.5) is 8.78 Å². The number of fused-ring (bicyclic) bond motifs is 1. The van der Waals surface area contributed by atoms with Crippen LogP contribution in [0.2, 0.25) is 0 Å². The Morgan fingerprint density at radius 1 is 1.06 bits per heavy atom. The molecule has 1 amide bonds. The second-order valence-corrected chi connectivity index (χ2v) is 10.4. The largest absolute Gasteiger partial charge is 0.342 e. The minimum atomic E-state index is -2.54. The lowest BCUT2D eigenvalue weighted by Gasteiger charge is -2.56. The van der Waals surface area contributed by atoms with Crippen LogP contribution in [0.25, 0.3) is 11.4 Å². The van der Waals surface area contributed by atoms with Crippen LogP contribution in [0.1, 0.15) is 54.1 Å². The van der Waals surface area contributed by atoms with Crippen LogP contribution in [-0.2, 0) is 17.6 Å². The molecule has 36 heavy (non-hydrogen) atoms. The Balaban J connectivity index is 1.02. The van der Waals surface area contributed by atoms with Gasteiger partial charge in [0.2, 0.25) is 5.91 Å². The van der Waals surface area contributed by atoms with Crippen molar-refractivity contribution in [2.45, 2.75) is 44.6 Å².